The van der Waals surface area contributed by atoms with Gasteiger partial charge in [0.1, 0.15) is 11.0 Å². The lowest BCUT2D eigenvalue weighted by Crippen LogP contribution is -2.45. The van der Waals surface area contributed by atoms with Gasteiger partial charge in [0.05, 0.1) is 0 Å². The second-order valence-corrected chi connectivity index (χ2v) is 10.2. The first-order valence-electron chi connectivity index (χ1n) is 12.4. The summed E-state index contributed by atoms with van der Waals surface area (Å²) in [5.41, 5.74) is 3.52. The van der Waals surface area contributed by atoms with E-state index in [-0.39, 0.29) is 11.8 Å². The summed E-state index contributed by atoms with van der Waals surface area (Å²) in [4.78, 5) is 26.3. The Labute approximate surface area is 226 Å². The van der Waals surface area contributed by atoms with Crippen LogP contribution in [-0.2, 0) is 17.6 Å². The zero-order chi connectivity index (χ0) is 26.0. The van der Waals surface area contributed by atoms with Crippen LogP contribution >= 0.6 is 22.9 Å². The second kappa shape index (κ2) is 13.1. The maximum atomic E-state index is 13.3. The number of rotatable bonds is 11. The number of hydrogen-bond acceptors (Lipinski definition) is 5. The van der Waals surface area contributed by atoms with Crippen LogP contribution in [0.4, 0.5) is 5.13 Å². The van der Waals surface area contributed by atoms with E-state index in [2.05, 4.69) is 27.8 Å². The number of anilines is 1. The van der Waals surface area contributed by atoms with E-state index >= 15 is 0 Å². The molecule has 0 saturated carbocycles. The summed E-state index contributed by atoms with van der Waals surface area (Å²) in [5, 5.41) is 15.7. The van der Waals surface area contributed by atoms with Gasteiger partial charge in [-0.1, -0.05) is 97.3 Å². The molecule has 1 heterocycles. The molecule has 190 valence electrons. The van der Waals surface area contributed by atoms with Gasteiger partial charge in [-0.3, -0.25) is 14.9 Å². The Morgan fingerprint density at radius 1 is 0.892 bits per heavy atom. The van der Waals surface area contributed by atoms with Crippen molar-refractivity contribution in [3.05, 3.63) is 101 Å². The van der Waals surface area contributed by atoms with Gasteiger partial charge >= 0.3 is 0 Å². The van der Waals surface area contributed by atoms with Crippen molar-refractivity contribution in [1.82, 2.24) is 15.5 Å². The van der Waals surface area contributed by atoms with Crippen LogP contribution in [0, 0.1) is 0 Å². The summed E-state index contributed by atoms with van der Waals surface area (Å²) >= 11 is 7.23. The van der Waals surface area contributed by atoms with Crippen molar-refractivity contribution in [2.24, 2.45) is 0 Å². The Morgan fingerprint density at radius 2 is 1.62 bits per heavy atom. The highest BCUT2D eigenvalue weighted by atomic mass is 35.5. The maximum Gasteiger partial charge on any atom is 0.251 e. The number of amides is 2. The van der Waals surface area contributed by atoms with E-state index in [0.717, 1.165) is 24.0 Å². The summed E-state index contributed by atoms with van der Waals surface area (Å²) < 4.78 is 0. The van der Waals surface area contributed by atoms with E-state index < -0.39 is 6.04 Å². The van der Waals surface area contributed by atoms with Crippen LogP contribution in [0.25, 0.3) is 10.6 Å². The highest BCUT2D eigenvalue weighted by Crippen LogP contribution is 2.27. The van der Waals surface area contributed by atoms with Crippen molar-refractivity contribution in [2.45, 2.75) is 45.1 Å². The summed E-state index contributed by atoms with van der Waals surface area (Å²) in [6, 6.07) is 23.7. The molecule has 4 rings (SSSR count). The van der Waals surface area contributed by atoms with Crippen molar-refractivity contribution in [1.29, 1.82) is 0 Å². The average Bonchev–Trinajstić information content (AvgIpc) is 3.38. The molecule has 1 atom stereocenters. The van der Waals surface area contributed by atoms with Crippen LogP contribution in [0.15, 0.2) is 78.9 Å². The molecule has 0 saturated heterocycles. The molecule has 0 fully saturated rings. The first-order valence-corrected chi connectivity index (χ1v) is 13.6. The molecule has 0 radical (unpaired) electrons. The lowest BCUT2D eigenvalue weighted by Gasteiger charge is -2.18. The largest absolute Gasteiger partial charge is 0.340 e. The SMILES string of the molecule is CCCCCc1ccc(C(=O)NC(Cc2ccccc2)C(=O)Nc2nnc(-c3ccc(Cl)cc3)s2)cc1. The minimum absolute atomic E-state index is 0.296. The topological polar surface area (TPSA) is 84.0 Å². The molecule has 0 aliphatic rings. The van der Waals surface area contributed by atoms with Crippen LogP contribution in [0.2, 0.25) is 5.02 Å². The van der Waals surface area contributed by atoms with Crippen LogP contribution in [-0.4, -0.2) is 28.1 Å². The minimum atomic E-state index is -0.790. The number of halogens is 1. The van der Waals surface area contributed by atoms with E-state index in [1.165, 1.54) is 29.7 Å². The molecule has 0 spiro atoms. The van der Waals surface area contributed by atoms with E-state index in [1.807, 2.05) is 66.7 Å². The van der Waals surface area contributed by atoms with E-state index in [9.17, 15) is 9.59 Å². The van der Waals surface area contributed by atoms with Crippen molar-refractivity contribution < 1.29 is 9.59 Å². The Balaban J connectivity index is 1.45. The molecule has 1 unspecified atom stereocenters. The normalized spacial score (nSPS) is 11.6. The Bertz CT molecular complexity index is 1310. The van der Waals surface area contributed by atoms with Crippen LogP contribution < -0.4 is 10.6 Å². The van der Waals surface area contributed by atoms with Crippen molar-refractivity contribution >= 4 is 39.9 Å². The molecular weight excluding hydrogens is 504 g/mol. The molecule has 0 aliphatic carbocycles. The number of aryl methyl sites for hydroxylation is 1. The number of carbonyl (C=O) groups is 2. The quantitative estimate of drug-likeness (QED) is 0.214. The fraction of sp³-hybridized carbons (Fsp3) is 0.241. The van der Waals surface area contributed by atoms with Crippen LogP contribution in [0.1, 0.15) is 47.7 Å². The molecule has 6 nitrogen and oxygen atoms in total. The van der Waals surface area contributed by atoms with E-state index in [0.29, 0.717) is 27.1 Å². The molecular formula is C29H29ClN4O2S. The van der Waals surface area contributed by atoms with E-state index in [1.54, 1.807) is 12.1 Å². The van der Waals surface area contributed by atoms with Crippen LogP contribution in [0.5, 0.6) is 0 Å². The molecule has 0 bridgehead atoms. The number of hydrogen-bond donors (Lipinski definition) is 2. The molecule has 2 N–H and O–H groups in total. The smallest absolute Gasteiger partial charge is 0.251 e. The van der Waals surface area contributed by atoms with Gasteiger partial charge in [0.2, 0.25) is 11.0 Å². The third-order valence-electron chi connectivity index (χ3n) is 5.94. The number of benzene rings is 3. The number of unbranched alkanes of at least 4 members (excludes halogenated alkanes) is 2. The summed E-state index contributed by atoms with van der Waals surface area (Å²) in [6.07, 6.45) is 4.83. The Hall–Kier alpha value is -3.55. The third kappa shape index (κ3) is 7.71. The van der Waals surface area contributed by atoms with Gasteiger partial charge < -0.3 is 5.32 Å². The monoisotopic (exact) mass is 532 g/mol. The number of nitrogens with zero attached hydrogens (tertiary/aromatic N) is 2. The molecule has 0 aliphatic heterocycles. The molecule has 3 aromatic carbocycles. The maximum absolute atomic E-state index is 13.3. The van der Waals surface area contributed by atoms with Crippen LogP contribution in [0.3, 0.4) is 0 Å². The lowest BCUT2D eigenvalue weighted by atomic mass is 10.0. The lowest BCUT2D eigenvalue weighted by molar-refractivity contribution is -0.118. The van der Waals surface area contributed by atoms with Gasteiger partial charge in [-0.25, -0.2) is 0 Å². The van der Waals surface area contributed by atoms with Crippen molar-refractivity contribution in [3.63, 3.8) is 0 Å². The van der Waals surface area contributed by atoms with Gasteiger partial charge in [0, 0.05) is 22.6 Å². The molecule has 37 heavy (non-hydrogen) atoms. The minimum Gasteiger partial charge on any atom is -0.340 e. The molecule has 4 aromatic rings. The first-order chi connectivity index (χ1) is 18.0. The van der Waals surface area contributed by atoms with Gasteiger partial charge in [-0.05, 0) is 48.2 Å². The van der Waals surface area contributed by atoms with Gasteiger partial charge in [0.15, 0.2) is 0 Å². The molecule has 2 amide bonds. The number of carbonyl (C=O) groups excluding carboxylic acids is 2. The fourth-order valence-corrected chi connectivity index (χ4v) is 4.76. The predicted octanol–water partition coefficient (Wildman–Crippen LogP) is 6.57. The zero-order valence-corrected chi connectivity index (χ0v) is 22.2. The summed E-state index contributed by atoms with van der Waals surface area (Å²) in [5.74, 6) is -0.650. The Morgan fingerprint density at radius 3 is 2.32 bits per heavy atom. The van der Waals surface area contributed by atoms with Gasteiger partial charge in [-0.15, -0.1) is 10.2 Å². The van der Waals surface area contributed by atoms with Crippen molar-refractivity contribution in [2.75, 3.05) is 5.32 Å². The highest BCUT2D eigenvalue weighted by Gasteiger charge is 2.23. The summed E-state index contributed by atoms with van der Waals surface area (Å²) in [6.45, 7) is 2.18. The number of aromatic nitrogens is 2. The van der Waals surface area contributed by atoms with Gasteiger partial charge in [0.25, 0.3) is 5.91 Å². The molecule has 8 heteroatoms. The number of nitrogens with one attached hydrogen (secondary N) is 2. The standard InChI is InChI=1S/C29H29ClN4O2S/c1-2-3-5-8-20-11-13-22(14-12-20)26(35)31-25(19-21-9-6-4-7-10-21)27(36)32-29-34-33-28(37-29)23-15-17-24(30)18-16-23/h4,6-7,9-18,25H,2-3,5,8,19H2,1H3,(H,31,35)(H,32,34,36). The second-order valence-electron chi connectivity index (χ2n) is 8.78. The van der Waals surface area contributed by atoms with Crippen molar-refractivity contribution in [3.8, 4) is 10.6 Å². The van der Waals surface area contributed by atoms with E-state index in [4.69, 9.17) is 11.6 Å². The third-order valence-corrected chi connectivity index (χ3v) is 7.08. The van der Waals surface area contributed by atoms with Gasteiger partial charge in [-0.2, -0.15) is 0 Å². The molecule has 1 aromatic heterocycles. The highest BCUT2D eigenvalue weighted by molar-refractivity contribution is 7.18. The first kappa shape index (κ1) is 26.5. The fourth-order valence-electron chi connectivity index (χ4n) is 3.88. The Kier molecular flexibility index (Phi) is 9.40. The summed E-state index contributed by atoms with van der Waals surface area (Å²) in [7, 11) is 0. The average molecular weight is 533 g/mol. The predicted molar refractivity (Wildman–Crippen MR) is 150 cm³/mol. The zero-order valence-electron chi connectivity index (χ0n) is 20.6.